The number of hydrogen-bond acceptors (Lipinski definition) is 3. The molecule has 3 amide bonds. The lowest BCUT2D eigenvalue weighted by molar-refractivity contribution is -0.0469. The van der Waals surface area contributed by atoms with Gasteiger partial charge >= 0.3 is 6.03 Å². The van der Waals surface area contributed by atoms with Crippen molar-refractivity contribution in [3.8, 4) is 0 Å². The van der Waals surface area contributed by atoms with E-state index >= 15 is 0 Å². The van der Waals surface area contributed by atoms with Gasteiger partial charge in [0.1, 0.15) is 0 Å². The Balaban J connectivity index is 1.65. The van der Waals surface area contributed by atoms with Crippen LogP contribution in [-0.2, 0) is 4.74 Å². The molecule has 0 unspecified atom stereocenters. The molecule has 1 aromatic carbocycles. The summed E-state index contributed by atoms with van der Waals surface area (Å²) in [6.07, 6.45) is 6.37. The van der Waals surface area contributed by atoms with E-state index in [1.807, 2.05) is 41.0 Å². The van der Waals surface area contributed by atoms with Gasteiger partial charge in [0.2, 0.25) is 0 Å². The van der Waals surface area contributed by atoms with Crippen molar-refractivity contribution < 1.29 is 14.3 Å². The van der Waals surface area contributed by atoms with Gasteiger partial charge in [0.25, 0.3) is 5.91 Å². The molecular weight excluding hydrogens is 354 g/mol. The monoisotopic (exact) mass is 385 g/mol. The number of hydrogen-bond donors (Lipinski definition) is 1. The molecule has 2 aliphatic heterocycles. The van der Waals surface area contributed by atoms with Gasteiger partial charge < -0.3 is 19.9 Å². The van der Waals surface area contributed by atoms with Crippen LogP contribution in [0.3, 0.4) is 0 Å². The summed E-state index contributed by atoms with van der Waals surface area (Å²) in [6.45, 7) is 8.62. The summed E-state index contributed by atoms with van der Waals surface area (Å²) in [5.74, 6) is 0.0541. The number of likely N-dealkylation sites (tertiary alicyclic amines) is 2. The molecule has 1 N–H and O–H groups in total. The number of rotatable bonds is 5. The van der Waals surface area contributed by atoms with Crippen LogP contribution < -0.4 is 5.32 Å². The van der Waals surface area contributed by atoms with Crippen LogP contribution in [0.4, 0.5) is 10.5 Å². The molecule has 0 aliphatic carbocycles. The van der Waals surface area contributed by atoms with Crippen molar-refractivity contribution in [2.24, 2.45) is 0 Å². The molecule has 2 heterocycles. The molecule has 6 heteroatoms. The molecule has 2 saturated heterocycles. The smallest absolute Gasteiger partial charge is 0.321 e. The number of urea groups is 1. The molecule has 1 aromatic rings. The highest BCUT2D eigenvalue weighted by Crippen LogP contribution is 2.30. The quantitative estimate of drug-likeness (QED) is 0.784. The number of amides is 3. The van der Waals surface area contributed by atoms with Gasteiger partial charge in [-0.25, -0.2) is 4.79 Å². The van der Waals surface area contributed by atoms with Gasteiger partial charge in [-0.3, -0.25) is 4.79 Å². The molecule has 6 nitrogen and oxygen atoms in total. The molecule has 152 valence electrons. The van der Waals surface area contributed by atoms with E-state index in [2.05, 4.69) is 11.9 Å². The Morgan fingerprint density at radius 2 is 1.86 bits per heavy atom. The molecule has 2 fully saturated rings. The minimum Gasteiger partial charge on any atom is -0.378 e. The average Bonchev–Trinajstić information content (AvgIpc) is 3.24. The number of carbonyl (C=O) groups is 2. The lowest BCUT2D eigenvalue weighted by Gasteiger charge is -2.40. The van der Waals surface area contributed by atoms with Crippen molar-refractivity contribution in [2.75, 3.05) is 38.6 Å². The number of ether oxygens (including phenoxy) is 1. The zero-order valence-electron chi connectivity index (χ0n) is 17.0. The van der Waals surface area contributed by atoms with E-state index < -0.39 is 0 Å². The highest BCUT2D eigenvalue weighted by Gasteiger charge is 2.35. The predicted molar refractivity (Wildman–Crippen MR) is 111 cm³/mol. The van der Waals surface area contributed by atoms with Crippen molar-refractivity contribution in [2.45, 2.75) is 44.6 Å². The van der Waals surface area contributed by atoms with E-state index in [0.717, 1.165) is 50.8 Å². The second kappa shape index (κ2) is 8.78. The molecule has 0 bridgehead atoms. The molecule has 0 saturated carbocycles. The second-order valence-electron chi connectivity index (χ2n) is 7.77. The number of methoxy groups -OCH3 is 1. The van der Waals surface area contributed by atoms with Crippen LogP contribution in [0, 0.1) is 6.92 Å². The SMILES string of the molecule is C=CCC1(OC)CCN(C(=O)Nc2cccc(C(=O)N3CCCC3)c2C)CC1. The zero-order valence-corrected chi connectivity index (χ0v) is 17.0. The third-order valence-electron chi connectivity index (χ3n) is 6.11. The van der Waals surface area contributed by atoms with Crippen molar-refractivity contribution >= 4 is 17.6 Å². The topological polar surface area (TPSA) is 61.9 Å². The minimum atomic E-state index is -0.212. The lowest BCUT2D eigenvalue weighted by atomic mass is 9.88. The summed E-state index contributed by atoms with van der Waals surface area (Å²) in [5.41, 5.74) is 1.98. The van der Waals surface area contributed by atoms with Gasteiger partial charge in [-0.1, -0.05) is 12.1 Å². The van der Waals surface area contributed by atoms with Crippen LogP contribution in [0.25, 0.3) is 0 Å². The van der Waals surface area contributed by atoms with Crippen LogP contribution in [0.1, 0.15) is 48.0 Å². The number of benzene rings is 1. The van der Waals surface area contributed by atoms with E-state index in [4.69, 9.17) is 4.74 Å². The van der Waals surface area contributed by atoms with Crippen molar-refractivity contribution in [1.82, 2.24) is 9.80 Å². The molecular formula is C22H31N3O3. The maximum Gasteiger partial charge on any atom is 0.321 e. The van der Waals surface area contributed by atoms with Crippen LogP contribution in [0.2, 0.25) is 0 Å². The summed E-state index contributed by atoms with van der Waals surface area (Å²) < 4.78 is 5.70. The Morgan fingerprint density at radius 3 is 2.46 bits per heavy atom. The maximum atomic E-state index is 12.8. The average molecular weight is 386 g/mol. The highest BCUT2D eigenvalue weighted by atomic mass is 16.5. The highest BCUT2D eigenvalue weighted by molar-refractivity contribution is 5.99. The first kappa shape index (κ1) is 20.4. The fraction of sp³-hybridized carbons (Fsp3) is 0.545. The summed E-state index contributed by atoms with van der Waals surface area (Å²) in [5, 5.41) is 3.00. The Kier molecular flexibility index (Phi) is 6.39. The fourth-order valence-corrected chi connectivity index (χ4v) is 4.16. The van der Waals surface area contributed by atoms with Gasteiger partial charge in [-0.05, 0) is 56.7 Å². The summed E-state index contributed by atoms with van der Waals surface area (Å²) in [4.78, 5) is 29.2. The third-order valence-corrected chi connectivity index (χ3v) is 6.11. The standard InChI is InChI=1S/C22H31N3O3/c1-4-10-22(28-3)11-15-25(16-12-22)21(27)23-19-9-7-8-18(17(19)2)20(26)24-13-5-6-14-24/h4,7-9H,1,5-6,10-16H2,2-3H3,(H,23,27). The number of anilines is 1. The number of carbonyl (C=O) groups excluding carboxylic acids is 2. The lowest BCUT2D eigenvalue weighted by Crippen LogP contribution is -2.48. The number of piperidine rings is 1. The van der Waals surface area contributed by atoms with Gasteiger partial charge in [0, 0.05) is 44.5 Å². The summed E-state index contributed by atoms with van der Waals surface area (Å²) in [7, 11) is 1.73. The summed E-state index contributed by atoms with van der Waals surface area (Å²) >= 11 is 0. The first-order chi connectivity index (χ1) is 13.5. The molecule has 0 aromatic heterocycles. The number of nitrogens with one attached hydrogen (secondary N) is 1. The van der Waals surface area contributed by atoms with Crippen LogP contribution in [-0.4, -0.2) is 60.6 Å². The van der Waals surface area contributed by atoms with E-state index in [0.29, 0.717) is 24.3 Å². The van der Waals surface area contributed by atoms with E-state index in [1.54, 1.807) is 7.11 Å². The normalized spacial score (nSPS) is 18.8. The van der Waals surface area contributed by atoms with Gasteiger partial charge in [0.15, 0.2) is 0 Å². The Morgan fingerprint density at radius 1 is 1.18 bits per heavy atom. The predicted octanol–water partition coefficient (Wildman–Crippen LogP) is 3.82. The molecule has 0 radical (unpaired) electrons. The largest absolute Gasteiger partial charge is 0.378 e. The maximum absolute atomic E-state index is 12.8. The van der Waals surface area contributed by atoms with Crippen molar-refractivity contribution in [3.63, 3.8) is 0 Å². The Hall–Kier alpha value is -2.34. The Bertz CT molecular complexity index is 733. The molecule has 28 heavy (non-hydrogen) atoms. The minimum absolute atomic E-state index is 0.0541. The van der Waals surface area contributed by atoms with Crippen LogP contribution in [0.5, 0.6) is 0 Å². The van der Waals surface area contributed by atoms with E-state index in [1.165, 1.54) is 0 Å². The van der Waals surface area contributed by atoms with E-state index in [9.17, 15) is 9.59 Å². The molecule has 2 aliphatic rings. The summed E-state index contributed by atoms with van der Waals surface area (Å²) in [6, 6.07) is 5.41. The second-order valence-corrected chi connectivity index (χ2v) is 7.77. The molecule has 3 rings (SSSR count). The van der Waals surface area contributed by atoms with Crippen LogP contribution >= 0.6 is 0 Å². The third kappa shape index (κ3) is 4.22. The van der Waals surface area contributed by atoms with Crippen LogP contribution in [0.15, 0.2) is 30.9 Å². The molecule has 0 atom stereocenters. The Labute approximate surface area is 167 Å². The first-order valence-corrected chi connectivity index (χ1v) is 10.1. The van der Waals surface area contributed by atoms with Gasteiger partial charge in [-0.15, -0.1) is 6.58 Å². The van der Waals surface area contributed by atoms with Crippen molar-refractivity contribution in [1.29, 1.82) is 0 Å². The van der Waals surface area contributed by atoms with E-state index in [-0.39, 0.29) is 17.5 Å². The van der Waals surface area contributed by atoms with Crippen molar-refractivity contribution in [3.05, 3.63) is 42.0 Å². The fourth-order valence-electron chi connectivity index (χ4n) is 4.16. The zero-order chi connectivity index (χ0) is 20.1. The van der Waals surface area contributed by atoms with Gasteiger partial charge in [-0.2, -0.15) is 0 Å². The van der Waals surface area contributed by atoms with Gasteiger partial charge in [0.05, 0.1) is 5.60 Å². The number of nitrogens with zero attached hydrogens (tertiary/aromatic N) is 2. The molecule has 0 spiro atoms. The first-order valence-electron chi connectivity index (χ1n) is 10.1.